The Morgan fingerprint density at radius 3 is 2.76 bits per heavy atom. The zero-order chi connectivity index (χ0) is 20.8. The smallest absolute Gasteiger partial charge is 0.287 e. The minimum absolute atomic E-state index is 0.0440. The highest BCUT2D eigenvalue weighted by Gasteiger charge is 2.37. The normalized spacial score (nSPS) is 17.0. The minimum atomic E-state index is -0.314. The molecule has 1 aliphatic carbocycles. The predicted octanol–water partition coefficient (Wildman–Crippen LogP) is 4.14. The molecule has 0 fully saturated rings. The number of halogens is 1. The van der Waals surface area contributed by atoms with Crippen LogP contribution in [0, 0.1) is 12.3 Å². The first-order chi connectivity index (χ1) is 13.7. The number of benzene rings is 1. The van der Waals surface area contributed by atoms with Crippen molar-refractivity contribution in [1.29, 1.82) is 0 Å². The Hall–Kier alpha value is -2.47. The fourth-order valence-corrected chi connectivity index (χ4v) is 4.30. The van der Waals surface area contributed by atoms with Gasteiger partial charge < -0.3 is 19.2 Å². The third-order valence-corrected chi connectivity index (χ3v) is 5.62. The first kappa shape index (κ1) is 19.8. The molecule has 4 rings (SSSR count). The summed E-state index contributed by atoms with van der Waals surface area (Å²) in [7, 11) is 0. The van der Waals surface area contributed by atoms with Crippen LogP contribution in [-0.2, 0) is 12.8 Å². The summed E-state index contributed by atoms with van der Waals surface area (Å²) in [5, 5.41) is 3.37. The van der Waals surface area contributed by atoms with E-state index in [9.17, 15) is 9.59 Å². The van der Waals surface area contributed by atoms with Crippen LogP contribution in [0.3, 0.4) is 0 Å². The van der Waals surface area contributed by atoms with Crippen LogP contribution in [0.25, 0.3) is 0 Å². The second kappa shape index (κ2) is 7.41. The maximum Gasteiger partial charge on any atom is 0.287 e. The van der Waals surface area contributed by atoms with E-state index in [-0.39, 0.29) is 22.9 Å². The Bertz CT molecular complexity index is 992. The molecule has 0 bridgehead atoms. The quantitative estimate of drug-likeness (QED) is 0.808. The SMILES string of the molecule is Cc1c(C(=O)NCCc2cc(Cl)c3c(c2)OCCO3)oc2c1C(=O)CC(C)(C)C2. The zero-order valence-electron chi connectivity index (χ0n) is 16.8. The molecule has 0 unspecified atom stereocenters. The van der Waals surface area contributed by atoms with Crippen molar-refractivity contribution in [2.24, 2.45) is 5.41 Å². The van der Waals surface area contributed by atoms with Gasteiger partial charge >= 0.3 is 0 Å². The van der Waals surface area contributed by atoms with Crippen LogP contribution in [0.1, 0.15) is 58.1 Å². The van der Waals surface area contributed by atoms with Gasteiger partial charge in [0.05, 0.1) is 10.6 Å². The lowest BCUT2D eigenvalue weighted by atomic mass is 9.76. The lowest BCUT2D eigenvalue weighted by molar-refractivity contribution is 0.0889. The summed E-state index contributed by atoms with van der Waals surface area (Å²) in [6, 6.07) is 3.70. The van der Waals surface area contributed by atoms with Crippen molar-refractivity contribution in [2.75, 3.05) is 19.8 Å². The molecular weight excluding hydrogens is 394 g/mol. The van der Waals surface area contributed by atoms with Crippen molar-refractivity contribution < 1.29 is 23.5 Å². The topological polar surface area (TPSA) is 77.8 Å². The summed E-state index contributed by atoms with van der Waals surface area (Å²) in [5.41, 5.74) is 1.99. The number of hydrogen-bond donors (Lipinski definition) is 1. The van der Waals surface area contributed by atoms with E-state index >= 15 is 0 Å². The number of ether oxygens (including phenoxy) is 2. The van der Waals surface area contributed by atoms with Crippen LogP contribution < -0.4 is 14.8 Å². The van der Waals surface area contributed by atoms with Crippen molar-refractivity contribution in [1.82, 2.24) is 5.32 Å². The van der Waals surface area contributed by atoms with E-state index in [4.69, 9.17) is 25.5 Å². The maximum absolute atomic E-state index is 12.7. The number of carbonyl (C=O) groups is 2. The summed E-state index contributed by atoms with van der Waals surface area (Å²) in [6.07, 6.45) is 1.69. The summed E-state index contributed by atoms with van der Waals surface area (Å²) in [6.45, 7) is 7.21. The minimum Gasteiger partial charge on any atom is -0.486 e. The van der Waals surface area contributed by atoms with Gasteiger partial charge in [-0.1, -0.05) is 25.4 Å². The van der Waals surface area contributed by atoms with E-state index < -0.39 is 0 Å². The van der Waals surface area contributed by atoms with Gasteiger partial charge in [0.1, 0.15) is 19.0 Å². The van der Waals surface area contributed by atoms with Crippen LogP contribution in [-0.4, -0.2) is 31.4 Å². The molecule has 154 valence electrons. The van der Waals surface area contributed by atoms with E-state index in [1.807, 2.05) is 26.0 Å². The van der Waals surface area contributed by atoms with Gasteiger partial charge in [0.15, 0.2) is 23.0 Å². The van der Waals surface area contributed by atoms with Crippen LogP contribution in [0.15, 0.2) is 16.5 Å². The second-order valence-corrected chi connectivity index (χ2v) is 8.81. The monoisotopic (exact) mass is 417 g/mol. The van der Waals surface area contributed by atoms with Crippen molar-refractivity contribution in [2.45, 2.75) is 40.0 Å². The first-order valence-corrected chi connectivity index (χ1v) is 10.1. The number of carbonyl (C=O) groups excluding carboxylic acids is 2. The van der Waals surface area contributed by atoms with E-state index in [2.05, 4.69) is 5.32 Å². The van der Waals surface area contributed by atoms with Crippen molar-refractivity contribution in [3.63, 3.8) is 0 Å². The Balaban J connectivity index is 1.44. The summed E-state index contributed by atoms with van der Waals surface area (Å²) < 4.78 is 16.9. The number of furan rings is 1. The van der Waals surface area contributed by atoms with Crippen molar-refractivity contribution >= 4 is 23.3 Å². The van der Waals surface area contributed by atoms with Gasteiger partial charge in [-0.05, 0) is 36.5 Å². The Kier molecular flexibility index (Phi) is 5.07. The fraction of sp³-hybridized carbons (Fsp3) is 0.455. The molecule has 0 radical (unpaired) electrons. The summed E-state index contributed by atoms with van der Waals surface area (Å²) >= 11 is 6.26. The zero-order valence-corrected chi connectivity index (χ0v) is 17.6. The lowest BCUT2D eigenvalue weighted by Gasteiger charge is -2.27. The van der Waals surface area contributed by atoms with E-state index in [0.29, 0.717) is 72.4 Å². The molecule has 6 nitrogen and oxygen atoms in total. The van der Waals surface area contributed by atoms with Gasteiger partial charge in [-0.15, -0.1) is 0 Å². The standard InChI is InChI=1S/C22H24ClNO5/c1-12-18-15(25)10-22(2,3)11-17(18)29-19(12)21(26)24-5-4-13-8-14(23)20-16(9-13)27-6-7-28-20/h8-9H,4-7,10-11H2,1-3H3,(H,24,26). The fourth-order valence-electron chi connectivity index (χ4n) is 4.01. The van der Waals surface area contributed by atoms with Gasteiger partial charge in [0.25, 0.3) is 5.91 Å². The average molecular weight is 418 g/mol. The molecule has 2 heterocycles. The van der Waals surface area contributed by atoms with Gasteiger partial charge in [0, 0.05) is 24.9 Å². The Labute approximate surface area is 174 Å². The highest BCUT2D eigenvalue weighted by Crippen LogP contribution is 2.39. The number of Topliss-reactive ketones (excluding diaryl/α,β-unsaturated/α-hetero) is 1. The molecule has 7 heteroatoms. The molecule has 29 heavy (non-hydrogen) atoms. The molecule has 2 aromatic rings. The third kappa shape index (κ3) is 3.86. The molecule has 0 atom stereocenters. The number of ketones is 1. The van der Waals surface area contributed by atoms with Gasteiger partial charge in [-0.2, -0.15) is 0 Å². The summed E-state index contributed by atoms with van der Waals surface area (Å²) in [5.74, 6) is 1.76. The van der Waals surface area contributed by atoms with Crippen LogP contribution in [0.2, 0.25) is 5.02 Å². The number of amides is 1. The average Bonchev–Trinajstić information content (AvgIpc) is 2.97. The number of fused-ring (bicyclic) bond motifs is 2. The third-order valence-electron chi connectivity index (χ3n) is 5.34. The van der Waals surface area contributed by atoms with Crippen LogP contribution >= 0.6 is 11.6 Å². The van der Waals surface area contributed by atoms with Gasteiger partial charge in [-0.3, -0.25) is 9.59 Å². The largest absolute Gasteiger partial charge is 0.486 e. The highest BCUT2D eigenvalue weighted by molar-refractivity contribution is 6.32. The molecule has 1 aliphatic heterocycles. The van der Waals surface area contributed by atoms with E-state index in [0.717, 1.165) is 5.56 Å². The number of hydrogen-bond acceptors (Lipinski definition) is 5. The number of rotatable bonds is 4. The second-order valence-electron chi connectivity index (χ2n) is 8.40. The lowest BCUT2D eigenvalue weighted by Crippen LogP contribution is -2.26. The molecule has 1 aromatic heterocycles. The van der Waals surface area contributed by atoms with Gasteiger partial charge in [0.2, 0.25) is 0 Å². The maximum atomic E-state index is 12.7. The molecule has 0 saturated carbocycles. The molecule has 0 spiro atoms. The molecule has 1 amide bonds. The van der Waals surface area contributed by atoms with Crippen LogP contribution in [0.4, 0.5) is 0 Å². The van der Waals surface area contributed by atoms with Crippen molar-refractivity contribution in [3.8, 4) is 11.5 Å². The van der Waals surface area contributed by atoms with E-state index in [1.165, 1.54) is 0 Å². The summed E-state index contributed by atoms with van der Waals surface area (Å²) in [4.78, 5) is 25.1. The van der Waals surface area contributed by atoms with Gasteiger partial charge in [-0.25, -0.2) is 0 Å². The molecule has 2 aliphatic rings. The highest BCUT2D eigenvalue weighted by atomic mass is 35.5. The Morgan fingerprint density at radius 1 is 1.21 bits per heavy atom. The molecule has 1 N–H and O–H groups in total. The molecule has 1 aromatic carbocycles. The Morgan fingerprint density at radius 2 is 1.97 bits per heavy atom. The molecular formula is C22H24ClNO5. The number of nitrogens with one attached hydrogen (secondary N) is 1. The predicted molar refractivity (Wildman–Crippen MR) is 108 cm³/mol. The first-order valence-electron chi connectivity index (χ1n) is 9.77. The van der Waals surface area contributed by atoms with Crippen LogP contribution in [0.5, 0.6) is 11.5 Å². The van der Waals surface area contributed by atoms with Crippen molar-refractivity contribution in [3.05, 3.63) is 45.4 Å². The van der Waals surface area contributed by atoms with E-state index in [1.54, 1.807) is 6.92 Å². The molecule has 0 saturated heterocycles.